The molecule has 1 N–H and O–H groups in total. The van der Waals surface area contributed by atoms with Crippen molar-refractivity contribution in [2.75, 3.05) is 44.6 Å². The van der Waals surface area contributed by atoms with Crippen LogP contribution in [0.15, 0.2) is 48.5 Å². The van der Waals surface area contributed by atoms with E-state index in [1.807, 2.05) is 29.2 Å². The summed E-state index contributed by atoms with van der Waals surface area (Å²) in [4.78, 5) is 28.4. The van der Waals surface area contributed by atoms with Gasteiger partial charge in [-0.1, -0.05) is 45.0 Å². The standard InChI is InChI=1S/C26H32F3N3O3/c1-25(2,3)19-8-10-20(11-9-19)35-17-12-24(34)32-15-13-31(14-16-32)18-23(33)30-22-7-5-4-6-21(22)26(27,28)29/h4-11H,12-18H2,1-3H3,(H,30,33). The molecular weight excluding hydrogens is 459 g/mol. The molecule has 1 aliphatic heterocycles. The maximum atomic E-state index is 13.1. The number of hydrogen-bond donors (Lipinski definition) is 1. The van der Waals surface area contributed by atoms with Gasteiger partial charge in [0.2, 0.25) is 11.8 Å². The molecule has 190 valence electrons. The van der Waals surface area contributed by atoms with Crippen LogP contribution in [-0.4, -0.2) is 60.9 Å². The van der Waals surface area contributed by atoms with Gasteiger partial charge in [-0.15, -0.1) is 0 Å². The van der Waals surface area contributed by atoms with Gasteiger partial charge in [0.1, 0.15) is 5.75 Å². The number of carbonyl (C=O) groups is 2. The van der Waals surface area contributed by atoms with Crippen LogP contribution in [0.3, 0.4) is 0 Å². The van der Waals surface area contributed by atoms with Crippen LogP contribution in [0.2, 0.25) is 0 Å². The molecule has 2 amide bonds. The molecule has 0 aliphatic carbocycles. The molecule has 0 spiro atoms. The van der Waals surface area contributed by atoms with Crippen molar-refractivity contribution in [3.63, 3.8) is 0 Å². The maximum absolute atomic E-state index is 13.1. The van der Waals surface area contributed by atoms with Crippen molar-refractivity contribution in [3.05, 3.63) is 59.7 Å². The van der Waals surface area contributed by atoms with E-state index >= 15 is 0 Å². The summed E-state index contributed by atoms with van der Waals surface area (Å²) in [6.45, 7) is 8.49. The lowest BCUT2D eigenvalue weighted by molar-refractivity contribution is -0.137. The molecule has 3 rings (SSSR count). The monoisotopic (exact) mass is 491 g/mol. The molecule has 6 nitrogen and oxygen atoms in total. The number of ether oxygens (including phenoxy) is 1. The van der Waals surface area contributed by atoms with Crippen LogP contribution in [0.25, 0.3) is 0 Å². The SMILES string of the molecule is CC(C)(C)c1ccc(OCCC(=O)N2CCN(CC(=O)Nc3ccccc3C(F)(F)F)CC2)cc1. The lowest BCUT2D eigenvalue weighted by Crippen LogP contribution is -2.50. The van der Waals surface area contributed by atoms with Gasteiger partial charge in [0.25, 0.3) is 0 Å². The highest BCUT2D eigenvalue weighted by atomic mass is 19.4. The van der Waals surface area contributed by atoms with Crippen molar-refractivity contribution >= 4 is 17.5 Å². The summed E-state index contributed by atoms with van der Waals surface area (Å²) < 4.78 is 45.0. The maximum Gasteiger partial charge on any atom is 0.418 e. The third kappa shape index (κ3) is 7.71. The van der Waals surface area contributed by atoms with E-state index < -0.39 is 17.6 Å². The highest BCUT2D eigenvalue weighted by Gasteiger charge is 2.33. The number of halogens is 3. The van der Waals surface area contributed by atoms with Gasteiger partial charge in [0.05, 0.1) is 30.8 Å². The summed E-state index contributed by atoms with van der Waals surface area (Å²) in [6.07, 6.45) is -4.30. The minimum atomic E-state index is -4.55. The molecule has 1 heterocycles. The smallest absolute Gasteiger partial charge is 0.418 e. The molecule has 0 aromatic heterocycles. The molecule has 0 saturated carbocycles. The molecule has 0 atom stereocenters. The van der Waals surface area contributed by atoms with Gasteiger partial charge in [0, 0.05) is 26.2 Å². The van der Waals surface area contributed by atoms with Crippen LogP contribution in [-0.2, 0) is 21.2 Å². The average Bonchev–Trinajstić information content (AvgIpc) is 2.79. The van der Waals surface area contributed by atoms with E-state index in [0.717, 1.165) is 6.07 Å². The minimum Gasteiger partial charge on any atom is -0.493 e. The summed E-state index contributed by atoms with van der Waals surface area (Å²) in [7, 11) is 0. The number of rotatable bonds is 7. The molecule has 1 saturated heterocycles. The number of carbonyl (C=O) groups excluding carboxylic acids is 2. The number of benzene rings is 2. The summed E-state index contributed by atoms with van der Waals surface area (Å²) in [6, 6.07) is 12.7. The van der Waals surface area contributed by atoms with Gasteiger partial charge in [-0.05, 0) is 35.2 Å². The highest BCUT2D eigenvalue weighted by molar-refractivity contribution is 5.93. The summed E-state index contributed by atoms with van der Waals surface area (Å²) in [5.41, 5.74) is 0.130. The number of alkyl halides is 3. The lowest BCUT2D eigenvalue weighted by atomic mass is 9.87. The second-order valence-corrected chi connectivity index (χ2v) is 9.62. The quantitative estimate of drug-likeness (QED) is 0.617. The first-order chi connectivity index (χ1) is 16.4. The predicted octanol–water partition coefficient (Wildman–Crippen LogP) is 4.55. The van der Waals surface area contributed by atoms with Gasteiger partial charge >= 0.3 is 6.18 Å². The number of amides is 2. The van der Waals surface area contributed by atoms with Crippen LogP contribution >= 0.6 is 0 Å². The molecule has 1 aliphatic rings. The number of nitrogens with zero attached hydrogens (tertiary/aromatic N) is 2. The Balaban J connectivity index is 1.39. The fourth-order valence-electron chi connectivity index (χ4n) is 3.85. The van der Waals surface area contributed by atoms with Crippen LogP contribution in [0, 0.1) is 0 Å². The zero-order chi connectivity index (χ0) is 25.6. The van der Waals surface area contributed by atoms with Gasteiger partial charge in [0.15, 0.2) is 0 Å². The number of hydrogen-bond acceptors (Lipinski definition) is 4. The second kappa shape index (κ2) is 11.1. The predicted molar refractivity (Wildman–Crippen MR) is 128 cm³/mol. The van der Waals surface area contributed by atoms with E-state index in [4.69, 9.17) is 4.74 Å². The number of anilines is 1. The Bertz CT molecular complexity index is 1010. The molecule has 9 heteroatoms. The molecule has 0 unspecified atom stereocenters. The third-order valence-electron chi connectivity index (χ3n) is 5.90. The molecule has 35 heavy (non-hydrogen) atoms. The number of piperazine rings is 1. The largest absolute Gasteiger partial charge is 0.493 e. The summed E-state index contributed by atoms with van der Waals surface area (Å²) in [5, 5.41) is 2.36. The van der Waals surface area contributed by atoms with Crippen LogP contribution in [0.1, 0.15) is 38.3 Å². The number of nitrogens with one attached hydrogen (secondary N) is 1. The first kappa shape index (κ1) is 26.5. The first-order valence-corrected chi connectivity index (χ1v) is 11.6. The van der Waals surface area contributed by atoms with Gasteiger partial charge in [-0.3, -0.25) is 14.5 Å². The minimum absolute atomic E-state index is 0.0282. The molecular formula is C26H32F3N3O3. The number of para-hydroxylation sites is 1. The van der Waals surface area contributed by atoms with E-state index in [9.17, 15) is 22.8 Å². The Hall–Kier alpha value is -3.07. The Morgan fingerprint density at radius 3 is 2.17 bits per heavy atom. The molecule has 1 fully saturated rings. The molecule has 0 radical (unpaired) electrons. The Labute approximate surface area is 204 Å². The zero-order valence-electron chi connectivity index (χ0n) is 20.3. The lowest BCUT2D eigenvalue weighted by Gasteiger charge is -2.34. The highest BCUT2D eigenvalue weighted by Crippen LogP contribution is 2.34. The van der Waals surface area contributed by atoms with E-state index in [2.05, 4.69) is 26.1 Å². The Morgan fingerprint density at radius 1 is 0.943 bits per heavy atom. The van der Waals surface area contributed by atoms with E-state index in [1.54, 1.807) is 4.90 Å². The molecule has 0 bridgehead atoms. The average molecular weight is 492 g/mol. The van der Waals surface area contributed by atoms with Crippen LogP contribution in [0.5, 0.6) is 5.75 Å². The van der Waals surface area contributed by atoms with E-state index in [1.165, 1.54) is 23.8 Å². The van der Waals surface area contributed by atoms with Gasteiger partial charge < -0.3 is 15.0 Å². The zero-order valence-corrected chi connectivity index (χ0v) is 20.3. The van der Waals surface area contributed by atoms with Crippen molar-refractivity contribution in [2.45, 2.75) is 38.8 Å². The third-order valence-corrected chi connectivity index (χ3v) is 5.90. The first-order valence-electron chi connectivity index (χ1n) is 11.6. The fraction of sp³-hybridized carbons (Fsp3) is 0.462. The van der Waals surface area contributed by atoms with Crippen molar-refractivity contribution in [3.8, 4) is 5.75 Å². The van der Waals surface area contributed by atoms with Gasteiger partial charge in [-0.25, -0.2) is 0 Å². The summed E-state index contributed by atoms with van der Waals surface area (Å²) in [5.74, 6) is 0.167. The fourth-order valence-corrected chi connectivity index (χ4v) is 3.85. The van der Waals surface area contributed by atoms with Crippen molar-refractivity contribution in [1.29, 1.82) is 0 Å². The normalized spacial score (nSPS) is 15.1. The van der Waals surface area contributed by atoms with Crippen LogP contribution in [0.4, 0.5) is 18.9 Å². The topological polar surface area (TPSA) is 61.9 Å². The van der Waals surface area contributed by atoms with Crippen molar-refractivity contribution in [2.24, 2.45) is 0 Å². The van der Waals surface area contributed by atoms with Crippen LogP contribution < -0.4 is 10.1 Å². The van der Waals surface area contributed by atoms with Crippen molar-refractivity contribution < 1.29 is 27.5 Å². The Morgan fingerprint density at radius 2 is 1.57 bits per heavy atom. The van der Waals surface area contributed by atoms with E-state index in [0.29, 0.717) is 31.9 Å². The molecule has 2 aromatic carbocycles. The van der Waals surface area contributed by atoms with Crippen molar-refractivity contribution in [1.82, 2.24) is 9.80 Å². The molecule has 2 aromatic rings. The summed E-state index contributed by atoms with van der Waals surface area (Å²) >= 11 is 0. The van der Waals surface area contributed by atoms with Gasteiger partial charge in [-0.2, -0.15) is 13.2 Å². The second-order valence-electron chi connectivity index (χ2n) is 9.62. The van der Waals surface area contributed by atoms with E-state index in [-0.39, 0.29) is 36.6 Å². The Kier molecular flexibility index (Phi) is 8.43.